The molecule has 1 heterocycles. The van der Waals surface area contributed by atoms with E-state index in [1.807, 2.05) is 0 Å². The van der Waals surface area contributed by atoms with Crippen LogP contribution in [0.3, 0.4) is 0 Å². The quantitative estimate of drug-likeness (QED) is 0.661. The zero-order chi connectivity index (χ0) is 21.5. The number of esters is 2. The molecule has 164 valence electrons. The molecule has 0 aromatic carbocycles. The van der Waals surface area contributed by atoms with E-state index < -0.39 is 11.7 Å². The molecule has 0 radical (unpaired) electrons. The van der Waals surface area contributed by atoms with Crippen molar-refractivity contribution in [1.29, 1.82) is 0 Å². The maximum absolute atomic E-state index is 12.9. The van der Waals surface area contributed by atoms with Crippen molar-refractivity contribution in [2.75, 3.05) is 7.11 Å². The first kappa shape index (κ1) is 20.2. The molecule has 5 aliphatic rings. The van der Waals surface area contributed by atoms with Gasteiger partial charge in [0.1, 0.15) is 5.60 Å². The van der Waals surface area contributed by atoms with E-state index in [1.165, 1.54) is 7.11 Å². The Bertz CT molecular complexity index is 847. The van der Waals surface area contributed by atoms with E-state index in [2.05, 4.69) is 13.8 Å². The van der Waals surface area contributed by atoms with Gasteiger partial charge in [-0.05, 0) is 67.8 Å². The van der Waals surface area contributed by atoms with E-state index in [0.717, 1.165) is 18.4 Å². The predicted octanol–water partition coefficient (Wildman–Crippen LogP) is 2.96. The van der Waals surface area contributed by atoms with Crippen molar-refractivity contribution in [2.45, 2.75) is 76.9 Å². The number of ketones is 1. The second-order valence-electron chi connectivity index (χ2n) is 10.8. The number of hydrogen-bond acceptors (Lipinski definition) is 6. The van der Waals surface area contributed by atoms with E-state index in [0.29, 0.717) is 38.5 Å². The third kappa shape index (κ3) is 2.43. The monoisotopic (exact) mass is 416 g/mol. The summed E-state index contributed by atoms with van der Waals surface area (Å²) in [6, 6.07) is 0. The summed E-state index contributed by atoms with van der Waals surface area (Å²) < 4.78 is 11.2. The van der Waals surface area contributed by atoms with Gasteiger partial charge >= 0.3 is 11.9 Å². The summed E-state index contributed by atoms with van der Waals surface area (Å²) in [7, 11) is 1.42. The third-order valence-corrected chi connectivity index (χ3v) is 9.79. The molecule has 1 N–H and O–H groups in total. The Morgan fingerprint density at radius 2 is 1.97 bits per heavy atom. The van der Waals surface area contributed by atoms with Gasteiger partial charge in [-0.15, -0.1) is 0 Å². The number of methoxy groups -OCH3 is 1. The van der Waals surface area contributed by atoms with Crippen LogP contribution < -0.4 is 0 Å². The number of carbonyl (C=O) groups is 3. The van der Waals surface area contributed by atoms with Crippen molar-refractivity contribution in [1.82, 2.24) is 0 Å². The van der Waals surface area contributed by atoms with Crippen molar-refractivity contribution in [3.8, 4) is 0 Å². The fourth-order valence-electron chi connectivity index (χ4n) is 8.35. The van der Waals surface area contributed by atoms with Crippen molar-refractivity contribution < 1.29 is 29.0 Å². The molecule has 0 aromatic heterocycles. The first-order valence-corrected chi connectivity index (χ1v) is 11.4. The molecular formula is C24H32O6. The molecule has 0 aromatic rings. The number of allylic oxidation sites excluding steroid dienone is 1. The summed E-state index contributed by atoms with van der Waals surface area (Å²) in [5.74, 6) is -0.636. The first-order valence-electron chi connectivity index (χ1n) is 11.4. The summed E-state index contributed by atoms with van der Waals surface area (Å²) in [5.41, 5.74) is -0.168. The van der Waals surface area contributed by atoms with Gasteiger partial charge in [0.2, 0.25) is 0 Å². The van der Waals surface area contributed by atoms with Crippen molar-refractivity contribution in [3.63, 3.8) is 0 Å². The van der Waals surface area contributed by atoms with Crippen LogP contribution in [0.2, 0.25) is 0 Å². The molecule has 5 rings (SSSR count). The smallest absolute Gasteiger partial charge is 0.309 e. The van der Waals surface area contributed by atoms with Crippen LogP contribution in [0.5, 0.6) is 0 Å². The Labute approximate surface area is 177 Å². The van der Waals surface area contributed by atoms with Crippen molar-refractivity contribution in [2.24, 2.45) is 34.5 Å². The number of rotatable bonds is 1. The van der Waals surface area contributed by atoms with Crippen LogP contribution in [0, 0.1) is 34.5 Å². The highest BCUT2D eigenvalue weighted by Gasteiger charge is 2.71. The molecule has 8 atom stereocenters. The number of aliphatic hydroxyl groups is 1. The van der Waals surface area contributed by atoms with Gasteiger partial charge < -0.3 is 14.6 Å². The molecule has 1 saturated heterocycles. The molecule has 6 heteroatoms. The summed E-state index contributed by atoms with van der Waals surface area (Å²) in [5, 5.41) is 11.6. The summed E-state index contributed by atoms with van der Waals surface area (Å²) in [4.78, 5) is 37.2. The van der Waals surface area contributed by atoms with Crippen molar-refractivity contribution >= 4 is 17.7 Å². The van der Waals surface area contributed by atoms with Gasteiger partial charge in [-0.2, -0.15) is 0 Å². The SMILES string of the molecule is COC(=O)[C@@H]1CC2=CC(=O)CC[C@@]2(C)[C@@H]2[C@@H]1[C@H]1CC[C@@]3(CCC(=O)O3)[C@@]1(C)C[C@H]2O. The Morgan fingerprint density at radius 1 is 1.20 bits per heavy atom. The van der Waals surface area contributed by atoms with Crippen LogP contribution >= 0.6 is 0 Å². The summed E-state index contributed by atoms with van der Waals surface area (Å²) >= 11 is 0. The molecule has 0 unspecified atom stereocenters. The highest BCUT2D eigenvalue weighted by Crippen LogP contribution is 2.70. The minimum absolute atomic E-state index is 0.0415. The Kier molecular flexibility index (Phi) is 4.32. The van der Waals surface area contributed by atoms with E-state index in [4.69, 9.17) is 9.47 Å². The van der Waals surface area contributed by atoms with E-state index in [-0.39, 0.29) is 52.2 Å². The molecule has 6 nitrogen and oxygen atoms in total. The van der Waals surface area contributed by atoms with Crippen LogP contribution in [0.15, 0.2) is 11.6 Å². The summed E-state index contributed by atoms with van der Waals surface area (Å²) in [6.07, 6.45) is 6.21. The van der Waals surface area contributed by atoms with E-state index in [1.54, 1.807) is 6.08 Å². The van der Waals surface area contributed by atoms with E-state index >= 15 is 0 Å². The minimum atomic E-state index is -0.611. The van der Waals surface area contributed by atoms with Gasteiger partial charge in [-0.1, -0.05) is 19.4 Å². The second-order valence-corrected chi connectivity index (χ2v) is 10.8. The first-order chi connectivity index (χ1) is 14.1. The molecule has 4 aliphatic carbocycles. The van der Waals surface area contributed by atoms with Gasteiger partial charge in [0.15, 0.2) is 5.78 Å². The minimum Gasteiger partial charge on any atom is -0.469 e. The largest absolute Gasteiger partial charge is 0.469 e. The molecule has 1 spiro atoms. The maximum Gasteiger partial charge on any atom is 0.309 e. The number of fused-ring (bicyclic) bond motifs is 6. The zero-order valence-electron chi connectivity index (χ0n) is 18.1. The van der Waals surface area contributed by atoms with Crippen LogP contribution in [-0.4, -0.2) is 41.6 Å². The maximum atomic E-state index is 12.9. The zero-order valence-corrected chi connectivity index (χ0v) is 18.1. The third-order valence-electron chi connectivity index (χ3n) is 9.79. The predicted molar refractivity (Wildman–Crippen MR) is 107 cm³/mol. The topological polar surface area (TPSA) is 89.9 Å². The second kappa shape index (κ2) is 6.41. The van der Waals surface area contributed by atoms with E-state index in [9.17, 15) is 19.5 Å². The van der Waals surface area contributed by atoms with Gasteiger partial charge in [0, 0.05) is 18.3 Å². The number of hydrogen-bond donors (Lipinski definition) is 1. The van der Waals surface area contributed by atoms with Gasteiger partial charge in [-0.25, -0.2) is 0 Å². The normalized spacial score (nSPS) is 49.7. The van der Waals surface area contributed by atoms with Crippen LogP contribution in [0.25, 0.3) is 0 Å². The van der Waals surface area contributed by atoms with Crippen LogP contribution in [-0.2, 0) is 23.9 Å². The molecule has 4 fully saturated rings. The lowest BCUT2D eigenvalue weighted by Gasteiger charge is -2.62. The fraction of sp³-hybridized carbons (Fsp3) is 0.792. The highest BCUT2D eigenvalue weighted by molar-refractivity contribution is 5.92. The van der Waals surface area contributed by atoms with Gasteiger partial charge in [-0.3, -0.25) is 14.4 Å². The van der Waals surface area contributed by atoms with Crippen LogP contribution in [0.4, 0.5) is 0 Å². The highest BCUT2D eigenvalue weighted by atomic mass is 16.6. The molecular weight excluding hydrogens is 384 g/mol. The van der Waals surface area contributed by atoms with Crippen LogP contribution in [0.1, 0.15) is 65.2 Å². The molecule has 0 bridgehead atoms. The number of aliphatic hydroxyl groups excluding tert-OH is 1. The Morgan fingerprint density at radius 3 is 2.63 bits per heavy atom. The average molecular weight is 417 g/mol. The summed E-state index contributed by atoms with van der Waals surface area (Å²) in [6.45, 7) is 4.33. The molecule has 3 saturated carbocycles. The fourth-order valence-corrected chi connectivity index (χ4v) is 8.35. The molecule has 30 heavy (non-hydrogen) atoms. The lowest BCUT2D eigenvalue weighted by atomic mass is 9.43. The van der Waals surface area contributed by atoms with Gasteiger partial charge in [0.05, 0.1) is 19.1 Å². The average Bonchev–Trinajstić information content (AvgIpc) is 3.21. The molecule has 1 aliphatic heterocycles. The standard InChI is InChI=1S/C24H32O6/c1-22-7-4-14(25)10-13(22)11-15(21(28)29-3)19-16-5-8-24(9-6-18(27)30-24)23(16,2)12-17(26)20(19)22/h10,15-17,19-20,26H,4-9,11-12H2,1-3H3/t15-,16-,17-,19+,20+,22-,23+,24-/m1/s1. The Hall–Kier alpha value is -1.69. The lowest BCUT2D eigenvalue weighted by molar-refractivity contribution is -0.197. The van der Waals surface area contributed by atoms with Crippen molar-refractivity contribution in [3.05, 3.63) is 11.6 Å². The number of ether oxygens (including phenoxy) is 2. The lowest BCUT2D eigenvalue weighted by Crippen LogP contribution is -2.62. The molecule has 0 amide bonds. The Balaban J connectivity index is 1.62. The number of carbonyl (C=O) groups excluding carboxylic acids is 3. The van der Waals surface area contributed by atoms with Gasteiger partial charge in [0.25, 0.3) is 0 Å².